The molecule has 0 aromatic heterocycles. The van der Waals surface area contributed by atoms with Crippen molar-refractivity contribution in [1.29, 1.82) is 0 Å². The van der Waals surface area contributed by atoms with Gasteiger partial charge in [-0.15, -0.1) is 0 Å². The van der Waals surface area contributed by atoms with E-state index in [4.69, 9.17) is 17.0 Å². The average molecular weight is 236 g/mol. The summed E-state index contributed by atoms with van der Waals surface area (Å²) in [6.45, 7) is 3.62. The predicted octanol–water partition coefficient (Wildman–Crippen LogP) is 1.99. The minimum atomic E-state index is 0.261. The molecule has 1 aliphatic heterocycles. The van der Waals surface area contributed by atoms with Crippen LogP contribution in [-0.4, -0.2) is 18.3 Å². The fourth-order valence-electron chi connectivity index (χ4n) is 1.86. The van der Waals surface area contributed by atoms with Crippen LogP contribution >= 0.6 is 12.2 Å². The van der Waals surface area contributed by atoms with Crippen molar-refractivity contribution < 1.29 is 4.74 Å². The number of ether oxygens (including phenoxy) is 1. The van der Waals surface area contributed by atoms with Gasteiger partial charge in [0.2, 0.25) is 0 Å². The second kappa shape index (κ2) is 5.16. The first-order valence-electron chi connectivity index (χ1n) is 5.57. The SMILES string of the molecule is CCNC(=S)N[C@H]1CCOc2ccccc21. The van der Waals surface area contributed by atoms with Gasteiger partial charge >= 0.3 is 0 Å². The lowest BCUT2D eigenvalue weighted by atomic mass is 10.0. The molecule has 0 spiro atoms. The average Bonchev–Trinajstić information content (AvgIpc) is 2.30. The minimum absolute atomic E-state index is 0.261. The van der Waals surface area contributed by atoms with Crippen molar-refractivity contribution in [2.75, 3.05) is 13.2 Å². The summed E-state index contributed by atoms with van der Waals surface area (Å²) in [5.74, 6) is 0.963. The van der Waals surface area contributed by atoms with Crippen LogP contribution in [0, 0.1) is 0 Å². The van der Waals surface area contributed by atoms with Gasteiger partial charge in [-0.2, -0.15) is 0 Å². The van der Waals surface area contributed by atoms with Gasteiger partial charge in [0.05, 0.1) is 12.6 Å². The van der Waals surface area contributed by atoms with Crippen molar-refractivity contribution in [2.24, 2.45) is 0 Å². The van der Waals surface area contributed by atoms with E-state index in [-0.39, 0.29) is 6.04 Å². The molecule has 0 aliphatic carbocycles. The van der Waals surface area contributed by atoms with E-state index in [2.05, 4.69) is 16.7 Å². The lowest BCUT2D eigenvalue weighted by Crippen LogP contribution is -2.39. The Kier molecular flexibility index (Phi) is 3.62. The molecule has 1 aromatic rings. The molecule has 86 valence electrons. The predicted molar refractivity (Wildman–Crippen MR) is 68.7 cm³/mol. The first-order chi connectivity index (χ1) is 7.81. The number of para-hydroxylation sites is 1. The molecule has 1 heterocycles. The van der Waals surface area contributed by atoms with Gasteiger partial charge in [0.15, 0.2) is 5.11 Å². The molecule has 1 aliphatic rings. The van der Waals surface area contributed by atoms with E-state index in [9.17, 15) is 0 Å². The smallest absolute Gasteiger partial charge is 0.166 e. The third-order valence-corrected chi connectivity index (χ3v) is 2.86. The molecule has 0 saturated carbocycles. The Balaban J connectivity index is 2.10. The summed E-state index contributed by atoms with van der Waals surface area (Å²) in [5.41, 5.74) is 1.19. The van der Waals surface area contributed by atoms with Gasteiger partial charge in [0, 0.05) is 18.5 Å². The number of benzene rings is 1. The zero-order valence-electron chi connectivity index (χ0n) is 9.32. The third kappa shape index (κ3) is 2.44. The Bertz CT molecular complexity index is 381. The maximum absolute atomic E-state index is 5.59. The molecule has 0 bridgehead atoms. The van der Waals surface area contributed by atoms with Crippen LogP contribution < -0.4 is 15.4 Å². The number of thiocarbonyl (C=S) groups is 1. The van der Waals surface area contributed by atoms with Crippen LogP contribution in [0.5, 0.6) is 5.75 Å². The summed E-state index contributed by atoms with van der Waals surface area (Å²) in [7, 11) is 0. The van der Waals surface area contributed by atoms with Crippen LogP contribution in [0.25, 0.3) is 0 Å². The number of nitrogens with one attached hydrogen (secondary N) is 2. The molecule has 2 N–H and O–H groups in total. The van der Waals surface area contributed by atoms with Gasteiger partial charge in [0.1, 0.15) is 5.75 Å². The van der Waals surface area contributed by atoms with Gasteiger partial charge in [0.25, 0.3) is 0 Å². The summed E-state index contributed by atoms with van der Waals surface area (Å²) in [6.07, 6.45) is 0.947. The van der Waals surface area contributed by atoms with E-state index < -0.39 is 0 Å². The lowest BCUT2D eigenvalue weighted by molar-refractivity contribution is 0.262. The van der Waals surface area contributed by atoms with Crippen molar-refractivity contribution in [3.63, 3.8) is 0 Å². The van der Waals surface area contributed by atoms with Gasteiger partial charge in [-0.3, -0.25) is 0 Å². The molecule has 4 heteroatoms. The van der Waals surface area contributed by atoms with E-state index >= 15 is 0 Å². The van der Waals surface area contributed by atoms with Gasteiger partial charge in [-0.1, -0.05) is 18.2 Å². The van der Waals surface area contributed by atoms with E-state index in [0.29, 0.717) is 5.11 Å². The fraction of sp³-hybridized carbons (Fsp3) is 0.417. The van der Waals surface area contributed by atoms with Crippen LogP contribution in [0.15, 0.2) is 24.3 Å². The summed E-state index contributed by atoms with van der Waals surface area (Å²) in [4.78, 5) is 0. The van der Waals surface area contributed by atoms with Crippen LogP contribution in [-0.2, 0) is 0 Å². The van der Waals surface area contributed by atoms with E-state index in [1.807, 2.05) is 25.1 Å². The number of fused-ring (bicyclic) bond motifs is 1. The van der Waals surface area contributed by atoms with Gasteiger partial charge in [-0.05, 0) is 25.2 Å². The first-order valence-corrected chi connectivity index (χ1v) is 5.98. The molecule has 0 radical (unpaired) electrons. The quantitative estimate of drug-likeness (QED) is 0.769. The van der Waals surface area contributed by atoms with Crippen LogP contribution in [0.3, 0.4) is 0 Å². The number of rotatable bonds is 2. The first kappa shape index (κ1) is 11.2. The normalized spacial score (nSPS) is 18.2. The molecular formula is C12H16N2OS. The largest absolute Gasteiger partial charge is 0.493 e. The summed E-state index contributed by atoms with van der Waals surface area (Å²) in [6, 6.07) is 8.36. The lowest BCUT2D eigenvalue weighted by Gasteiger charge is -2.27. The highest BCUT2D eigenvalue weighted by Gasteiger charge is 2.21. The monoisotopic (exact) mass is 236 g/mol. The van der Waals surface area contributed by atoms with Gasteiger partial charge < -0.3 is 15.4 Å². The molecule has 16 heavy (non-hydrogen) atoms. The molecule has 0 saturated heterocycles. The van der Waals surface area contributed by atoms with Crippen LogP contribution in [0.1, 0.15) is 24.9 Å². The van der Waals surface area contributed by atoms with Crippen molar-refractivity contribution in [1.82, 2.24) is 10.6 Å². The second-order valence-electron chi connectivity index (χ2n) is 3.73. The maximum Gasteiger partial charge on any atom is 0.166 e. The molecule has 1 aromatic carbocycles. The Hall–Kier alpha value is -1.29. The Morgan fingerprint density at radius 2 is 2.31 bits per heavy atom. The molecule has 0 amide bonds. The topological polar surface area (TPSA) is 33.3 Å². The highest BCUT2D eigenvalue weighted by molar-refractivity contribution is 7.80. The van der Waals surface area contributed by atoms with Crippen molar-refractivity contribution in [3.8, 4) is 5.75 Å². The Morgan fingerprint density at radius 3 is 3.12 bits per heavy atom. The molecule has 2 rings (SSSR count). The molecule has 0 unspecified atom stereocenters. The summed E-state index contributed by atoms with van der Waals surface area (Å²) in [5, 5.41) is 7.13. The van der Waals surface area contributed by atoms with Crippen LogP contribution in [0.4, 0.5) is 0 Å². The Labute approximate surface area is 101 Å². The standard InChI is InChI=1S/C12H16N2OS/c1-2-13-12(16)14-10-7-8-15-11-6-4-3-5-9(10)11/h3-6,10H,2,7-8H2,1H3,(H2,13,14,16)/t10-/m0/s1. The molecule has 0 fully saturated rings. The highest BCUT2D eigenvalue weighted by Crippen LogP contribution is 2.31. The van der Waals surface area contributed by atoms with E-state index in [0.717, 1.165) is 25.3 Å². The minimum Gasteiger partial charge on any atom is -0.493 e. The number of hydrogen-bond acceptors (Lipinski definition) is 2. The third-order valence-electron chi connectivity index (χ3n) is 2.60. The zero-order valence-corrected chi connectivity index (χ0v) is 10.1. The van der Waals surface area contributed by atoms with Crippen LogP contribution in [0.2, 0.25) is 0 Å². The summed E-state index contributed by atoms with van der Waals surface area (Å²) >= 11 is 5.20. The molecule has 1 atom stereocenters. The second-order valence-corrected chi connectivity index (χ2v) is 4.14. The Morgan fingerprint density at radius 1 is 1.50 bits per heavy atom. The molecular weight excluding hydrogens is 220 g/mol. The van der Waals surface area contributed by atoms with Crippen molar-refractivity contribution in [3.05, 3.63) is 29.8 Å². The maximum atomic E-state index is 5.59. The van der Waals surface area contributed by atoms with E-state index in [1.54, 1.807) is 0 Å². The zero-order chi connectivity index (χ0) is 11.4. The van der Waals surface area contributed by atoms with Gasteiger partial charge in [-0.25, -0.2) is 0 Å². The molecule has 3 nitrogen and oxygen atoms in total. The fourth-order valence-corrected chi connectivity index (χ4v) is 2.15. The van der Waals surface area contributed by atoms with Crippen molar-refractivity contribution >= 4 is 17.3 Å². The highest BCUT2D eigenvalue weighted by atomic mass is 32.1. The summed E-state index contributed by atoms with van der Waals surface area (Å²) < 4.78 is 5.59. The van der Waals surface area contributed by atoms with E-state index in [1.165, 1.54) is 5.56 Å². The number of hydrogen-bond donors (Lipinski definition) is 2. The van der Waals surface area contributed by atoms with Crippen molar-refractivity contribution in [2.45, 2.75) is 19.4 Å².